The number of hydrogen-bond acceptors (Lipinski definition) is 0. The molecule has 0 nitrogen and oxygen atoms in total. The average molecular weight is 420 g/mol. The smallest absolute Gasteiger partial charge is 0 e. The zero-order chi connectivity index (χ0) is 0. The van der Waals surface area contributed by atoms with E-state index >= 15 is 0 Å². The van der Waals surface area contributed by atoms with Gasteiger partial charge in [-0.15, -0.1) is 0 Å². The molecule has 0 radical (unpaired) electrons. The first-order chi connectivity index (χ1) is 0. The van der Waals surface area contributed by atoms with E-state index in [4.69, 9.17) is 0 Å². The molecular formula is H3MoPPdW. The SMILES string of the molecule is P.[Mo].[Pd].[W]. The molecule has 0 rings (SSSR count). The molecule has 0 aromatic heterocycles. The van der Waals surface area contributed by atoms with E-state index in [9.17, 15) is 0 Å². The minimum absolute atomic E-state index is 0. The van der Waals surface area contributed by atoms with Crippen LogP contribution in [0, 0.1) is 0 Å². The van der Waals surface area contributed by atoms with Gasteiger partial charge in [-0.05, 0) is 0 Å². The first-order valence-corrected chi connectivity index (χ1v) is 0. The molecule has 0 heterocycles. The van der Waals surface area contributed by atoms with Crippen LogP contribution in [0.1, 0.15) is 0 Å². The minimum atomic E-state index is 0. The van der Waals surface area contributed by atoms with Gasteiger partial charge in [-0.2, -0.15) is 9.90 Å². The molecule has 30 valence electrons. The molecule has 0 aliphatic heterocycles. The van der Waals surface area contributed by atoms with E-state index in [1.165, 1.54) is 0 Å². The summed E-state index contributed by atoms with van der Waals surface area (Å²) in [4.78, 5) is 0. The Labute approximate surface area is 71.7 Å². The maximum Gasteiger partial charge on any atom is 0 e. The Kier molecular flexibility index (Phi) is 142. The van der Waals surface area contributed by atoms with E-state index in [1.54, 1.807) is 0 Å². The predicted octanol–water partition coefficient (Wildman–Crippen LogP) is 0.0506. The first-order valence-electron chi connectivity index (χ1n) is 0. The van der Waals surface area contributed by atoms with Crippen molar-refractivity contribution in [3.63, 3.8) is 0 Å². The number of hydrogen-bond donors (Lipinski definition) is 0. The second-order valence-electron chi connectivity index (χ2n) is 0. The van der Waals surface area contributed by atoms with Crippen LogP contribution in [0.2, 0.25) is 0 Å². The van der Waals surface area contributed by atoms with Gasteiger partial charge >= 0.3 is 0 Å². The van der Waals surface area contributed by atoms with Crippen molar-refractivity contribution in [3.8, 4) is 0 Å². The average Bonchev–Trinajstić information content (AvgIpc) is 0. The zero-order valence-electron chi connectivity index (χ0n) is 1.84. The molecule has 0 saturated heterocycles. The van der Waals surface area contributed by atoms with Crippen LogP contribution in [0.4, 0.5) is 0 Å². The third-order valence-electron chi connectivity index (χ3n) is 0. The third kappa shape index (κ3) is 8.82. The molecule has 1 atom stereocenters. The fraction of sp³-hybridized carbons (Fsp3) is 0. The molecule has 0 aromatic rings. The molecule has 0 aromatic carbocycles. The van der Waals surface area contributed by atoms with Crippen LogP contribution in [0.5, 0.6) is 0 Å². The van der Waals surface area contributed by atoms with Crippen LogP contribution in [-0.2, 0) is 62.6 Å². The summed E-state index contributed by atoms with van der Waals surface area (Å²) in [6.45, 7) is 0. The Morgan fingerprint density at radius 1 is 1.00 bits per heavy atom. The molecule has 0 aliphatic rings. The molecule has 0 aliphatic carbocycles. The van der Waals surface area contributed by atoms with Gasteiger partial charge in [-0.25, -0.2) is 0 Å². The summed E-state index contributed by atoms with van der Waals surface area (Å²) in [6.07, 6.45) is 0. The third-order valence-corrected chi connectivity index (χ3v) is 0. The number of rotatable bonds is 0. The standard InChI is InChI=1S/Mo.H3P.Pd.W/h;1H3;;. The summed E-state index contributed by atoms with van der Waals surface area (Å²) in [5.74, 6) is 0. The fourth-order valence-corrected chi connectivity index (χ4v) is 0. The monoisotopic (exact) mass is 422 g/mol. The van der Waals surface area contributed by atoms with Gasteiger partial charge in [0, 0.05) is 62.6 Å². The van der Waals surface area contributed by atoms with Crippen LogP contribution < -0.4 is 0 Å². The van der Waals surface area contributed by atoms with Crippen molar-refractivity contribution < 1.29 is 62.6 Å². The summed E-state index contributed by atoms with van der Waals surface area (Å²) in [5.41, 5.74) is 0. The molecule has 0 amide bonds. The largest absolute Gasteiger partial charge is 0.153 e. The topological polar surface area (TPSA) is 0 Å². The minimum Gasteiger partial charge on any atom is -0.153 e. The Bertz CT molecular complexity index is 8.00. The van der Waals surface area contributed by atoms with Crippen LogP contribution in [0.15, 0.2) is 0 Å². The normalized spacial score (nSPS) is 0. The van der Waals surface area contributed by atoms with Crippen molar-refractivity contribution in [2.24, 2.45) is 0 Å². The van der Waals surface area contributed by atoms with E-state index < -0.39 is 0 Å². The maximum absolute atomic E-state index is 0. The maximum atomic E-state index is 0. The first kappa shape index (κ1) is 31.7. The molecule has 0 fully saturated rings. The van der Waals surface area contributed by atoms with Gasteiger partial charge in [0.1, 0.15) is 0 Å². The fourth-order valence-electron chi connectivity index (χ4n) is 0. The molecular weight excluding hydrogens is 417 g/mol. The van der Waals surface area contributed by atoms with Crippen molar-refractivity contribution in [2.75, 3.05) is 0 Å². The van der Waals surface area contributed by atoms with Gasteiger partial charge in [0.2, 0.25) is 0 Å². The summed E-state index contributed by atoms with van der Waals surface area (Å²) in [6, 6.07) is 0. The zero-order valence-corrected chi connectivity index (χ0v) is 9.75. The second-order valence-corrected chi connectivity index (χ2v) is 0. The van der Waals surface area contributed by atoms with Crippen molar-refractivity contribution in [1.82, 2.24) is 0 Å². The van der Waals surface area contributed by atoms with Gasteiger partial charge in [-0.3, -0.25) is 0 Å². The Morgan fingerprint density at radius 3 is 1.00 bits per heavy atom. The quantitative estimate of drug-likeness (QED) is 0.384. The molecule has 4 heavy (non-hydrogen) atoms. The molecule has 0 spiro atoms. The van der Waals surface area contributed by atoms with Crippen LogP contribution in [0.3, 0.4) is 0 Å². The van der Waals surface area contributed by atoms with Gasteiger partial charge in [0.15, 0.2) is 0 Å². The Morgan fingerprint density at radius 2 is 1.00 bits per heavy atom. The van der Waals surface area contributed by atoms with Crippen LogP contribution >= 0.6 is 9.90 Å². The van der Waals surface area contributed by atoms with E-state index in [0.29, 0.717) is 0 Å². The predicted molar refractivity (Wildman–Crippen MR) is 11.1 cm³/mol. The summed E-state index contributed by atoms with van der Waals surface area (Å²) in [7, 11) is 0. The van der Waals surface area contributed by atoms with Crippen molar-refractivity contribution >= 4 is 9.90 Å². The molecule has 0 bridgehead atoms. The Balaban J connectivity index is 0. The van der Waals surface area contributed by atoms with Crippen molar-refractivity contribution in [2.45, 2.75) is 0 Å². The molecule has 4 heteroatoms. The van der Waals surface area contributed by atoms with E-state index in [0.717, 1.165) is 0 Å². The van der Waals surface area contributed by atoms with Gasteiger partial charge in [-0.1, -0.05) is 0 Å². The van der Waals surface area contributed by atoms with Crippen molar-refractivity contribution in [1.29, 1.82) is 0 Å². The van der Waals surface area contributed by atoms with Crippen molar-refractivity contribution in [3.05, 3.63) is 0 Å². The summed E-state index contributed by atoms with van der Waals surface area (Å²) in [5, 5.41) is 0. The van der Waals surface area contributed by atoms with Gasteiger partial charge < -0.3 is 0 Å². The Hall–Kier alpha value is 2.47. The molecule has 0 N–H and O–H groups in total. The summed E-state index contributed by atoms with van der Waals surface area (Å²) < 4.78 is 0. The van der Waals surface area contributed by atoms with Crippen LogP contribution in [0.25, 0.3) is 0 Å². The van der Waals surface area contributed by atoms with Gasteiger partial charge in [0.05, 0.1) is 0 Å². The summed E-state index contributed by atoms with van der Waals surface area (Å²) >= 11 is 0. The molecule has 1 unspecified atom stereocenters. The molecule has 0 saturated carbocycles. The second kappa shape index (κ2) is 17.9. The van der Waals surface area contributed by atoms with Gasteiger partial charge in [0.25, 0.3) is 0 Å². The van der Waals surface area contributed by atoms with E-state index in [1.807, 2.05) is 0 Å². The van der Waals surface area contributed by atoms with E-state index in [-0.39, 0.29) is 72.5 Å². The van der Waals surface area contributed by atoms with Crippen LogP contribution in [-0.4, -0.2) is 0 Å². The van der Waals surface area contributed by atoms with E-state index in [2.05, 4.69) is 0 Å².